The zero-order valence-electron chi connectivity index (χ0n) is 13.4. The van der Waals surface area contributed by atoms with E-state index in [0.29, 0.717) is 22.4 Å². The minimum atomic E-state index is -0.338. The lowest BCUT2D eigenvalue weighted by Crippen LogP contribution is -2.03. The van der Waals surface area contributed by atoms with E-state index in [9.17, 15) is 9.65 Å². The number of hydrogen-bond donors (Lipinski definition) is 1. The molecule has 4 nitrogen and oxygen atoms in total. The van der Waals surface area contributed by atoms with Gasteiger partial charge in [0.25, 0.3) is 0 Å². The van der Waals surface area contributed by atoms with Crippen LogP contribution in [0, 0.1) is 35.4 Å². The molecule has 0 atom stereocenters. The van der Waals surface area contributed by atoms with Gasteiger partial charge in [0.15, 0.2) is 0 Å². The van der Waals surface area contributed by atoms with Crippen LogP contribution in [0.1, 0.15) is 16.7 Å². The number of benzene rings is 2. The normalized spacial score (nSPS) is 10.1. The number of nitriles is 2. The highest BCUT2D eigenvalue weighted by molar-refractivity contribution is 5.84. The van der Waals surface area contributed by atoms with E-state index in [2.05, 4.69) is 17.1 Å². The molecule has 0 aliphatic heterocycles. The van der Waals surface area contributed by atoms with Gasteiger partial charge in [-0.05, 0) is 54.4 Å². The molecule has 3 aromatic rings. The Hall–Kier alpha value is -3.70. The second kappa shape index (κ2) is 6.43. The maximum absolute atomic E-state index is 13.2. The van der Waals surface area contributed by atoms with E-state index in [0.717, 1.165) is 11.1 Å². The maximum Gasteiger partial charge on any atom is 0.142 e. The lowest BCUT2D eigenvalue weighted by Gasteiger charge is -2.15. The molecule has 0 saturated carbocycles. The third kappa shape index (κ3) is 2.91. The van der Waals surface area contributed by atoms with Gasteiger partial charge in [-0.15, -0.1) is 0 Å². The summed E-state index contributed by atoms with van der Waals surface area (Å²) in [4.78, 5) is 4.34. The number of nitrogens with zero attached hydrogens (tertiary/aromatic N) is 3. The molecule has 0 saturated heterocycles. The van der Waals surface area contributed by atoms with Gasteiger partial charge >= 0.3 is 0 Å². The molecule has 5 heteroatoms. The third-order valence-electron chi connectivity index (χ3n) is 4.00. The smallest absolute Gasteiger partial charge is 0.142 e. The van der Waals surface area contributed by atoms with Crippen LogP contribution >= 0.6 is 0 Å². The minimum absolute atomic E-state index is 0.117. The fraction of sp³-hybridized carbons (Fsp3) is 0.0500. The van der Waals surface area contributed by atoms with Gasteiger partial charge in [0, 0.05) is 11.1 Å². The van der Waals surface area contributed by atoms with Gasteiger partial charge in [-0.25, -0.2) is 9.37 Å². The van der Waals surface area contributed by atoms with Crippen LogP contribution in [0.25, 0.3) is 22.4 Å². The maximum atomic E-state index is 13.2. The summed E-state index contributed by atoms with van der Waals surface area (Å²) in [6, 6.07) is 17.0. The third-order valence-corrected chi connectivity index (χ3v) is 4.00. The Balaban J connectivity index is 2.28. The standard InChI is InChI=1S/C20H13FN4/c1-12-18(14-4-2-13(10-22)3-5-14)17(11-23)20(24)25-19(12)15-6-8-16(21)9-7-15/h2-9H,1H3,(H2,24,25). The van der Waals surface area contributed by atoms with Crippen molar-refractivity contribution >= 4 is 5.82 Å². The van der Waals surface area contributed by atoms with Crippen molar-refractivity contribution in [1.82, 2.24) is 4.98 Å². The highest BCUT2D eigenvalue weighted by Gasteiger charge is 2.18. The van der Waals surface area contributed by atoms with E-state index in [1.165, 1.54) is 12.1 Å². The van der Waals surface area contributed by atoms with Crippen molar-refractivity contribution in [2.45, 2.75) is 6.92 Å². The Morgan fingerprint density at radius 2 is 1.52 bits per heavy atom. The van der Waals surface area contributed by atoms with E-state index >= 15 is 0 Å². The first-order chi connectivity index (χ1) is 12.0. The number of anilines is 1. The van der Waals surface area contributed by atoms with Crippen LogP contribution in [0.3, 0.4) is 0 Å². The number of nitrogens with two attached hydrogens (primary N) is 1. The molecule has 0 radical (unpaired) electrons. The Bertz CT molecular complexity index is 1020. The van der Waals surface area contributed by atoms with Gasteiger partial charge in [-0.2, -0.15) is 10.5 Å². The Morgan fingerprint density at radius 1 is 0.920 bits per heavy atom. The molecule has 2 aromatic carbocycles. The second-order valence-corrected chi connectivity index (χ2v) is 5.53. The predicted molar refractivity (Wildman–Crippen MR) is 93.6 cm³/mol. The number of pyridine rings is 1. The van der Waals surface area contributed by atoms with Crippen molar-refractivity contribution in [1.29, 1.82) is 10.5 Å². The molecule has 3 rings (SSSR count). The summed E-state index contributed by atoms with van der Waals surface area (Å²) in [5.41, 5.74) is 10.3. The van der Waals surface area contributed by atoms with E-state index in [4.69, 9.17) is 11.0 Å². The minimum Gasteiger partial charge on any atom is -0.383 e. The molecule has 0 fully saturated rings. The summed E-state index contributed by atoms with van der Waals surface area (Å²) in [6.45, 7) is 1.85. The van der Waals surface area contributed by atoms with Crippen LogP contribution in [0.5, 0.6) is 0 Å². The first-order valence-electron chi connectivity index (χ1n) is 7.51. The molecule has 0 aliphatic rings. The van der Waals surface area contributed by atoms with E-state index in [-0.39, 0.29) is 17.2 Å². The zero-order chi connectivity index (χ0) is 18.0. The molecular weight excluding hydrogens is 315 g/mol. The first-order valence-corrected chi connectivity index (χ1v) is 7.51. The second-order valence-electron chi connectivity index (χ2n) is 5.53. The average molecular weight is 328 g/mol. The van der Waals surface area contributed by atoms with E-state index in [1.54, 1.807) is 36.4 Å². The number of aromatic nitrogens is 1. The monoisotopic (exact) mass is 328 g/mol. The summed E-state index contributed by atoms with van der Waals surface area (Å²) in [5, 5.41) is 18.5. The van der Waals surface area contributed by atoms with Gasteiger partial charge in [0.1, 0.15) is 23.3 Å². The topological polar surface area (TPSA) is 86.5 Å². The molecule has 0 unspecified atom stereocenters. The first kappa shape index (κ1) is 16.2. The number of halogens is 1. The van der Waals surface area contributed by atoms with Crippen LogP contribution in [0.2, 0.25) is 0 Å². The van der Waals surface area contributed by atoms with Crippen LogP contribution < -0.4 is 5.73 Å². The summed E-state index contributed by atoms with van der Waals surface area (Å²) in [7, 11) is 0. The van der Waals surface area contributed by atoms with E-state index < -0.39 is 0 Å². The van der Waals surface area contributed by atoms with Gasteiger partial charge in [0.05, 0.1) is 17.3 Å². The predicted octanol–water partition coefficient (Wildman–Crippen LogP) is 4.19. The summed E-state index contributed by atoms with van der Waals surface area (Å²) in [5.74, 6) is -0.220. The van der Waals surface area contributed by atoms with Crippen molar-refractivity contribution in [3.63, 3.8) is 0 Å². The lowest BCUT2D eigenvalue weighted by atomic mass is 9.92. The number of nitrogen functional groups attached to an aromatic ring is 1. The van der Waals surface area contributed by atoms with Gasteiger partial charge in [-0.3, -0.25) is 0 Å². The van der Waals surface area contributed by atoms with Crippen molar-refractivity contribution < 1.29 is 4.39 Å². The Kier molecular flexibility index (Phi) is 4.16. The van der Waals surface area contributed by atoms with Crippen LogP contribution in [0.4, 0.5) is 10.2 Å². The highest BCUT2D eigenvalue weighted by atomic mass is 19.1. The van der Waals surface area contributed by atoms with Crippen molar-refractivity contribution in [2.24, 2.45) is 0 Å². The number of rotatable bonds is 2. The SMILES string of the molecule is Cc1c(-c2ccc(F)cc2)nc(N)c(C#N)c1-c1ccc(C#N)cc1. The molecule has 0 aliphatic carbocycles. The summed E-state index contributed by atoms with van der Waals surface area (Å²) < 4.78 is 13.2. The van der Waals surface area contributed by atoms with Gasteiger partial charge < -0.3 is 5.73 Å². The number of hydrogen-bond acceptors (Lipinski definition) is 4. The van der Waals surface area contributed by atoms with Crippen LogP contribution in [-0.4, -0.2) is 4.98 Å². The summed E-state index contributed by atoms with van der Waals surface area (Å²) >= 11 is 0. The molecule has 0 amide bonds. The fourth-order valence-corrected chi connectivity index (χ4v) is 2.77. The van der Waals surface area contributed by atoms with Crippen LogP contribution in [-0.2, 0) is 0 Å². The zero-order valence-corrected chi connectivity index (χ0v) is 13.4. The van der Waals surface area contributed by atoms with E-state index in [1.807, 2.05) is 6.92 Å². The largest absolute Gasteiger partial charge is 0.383 e. The highest BCUT2D eigenvalue weighted by Crippen LogP contribution is 2.35. The van der Waals surface area contributed by atoms with Crippen molar-refractivity contribution in [3.8, 4) is 34.5 Å². The average Bonchev–Trinajstić information content (AvgIpc) is 2.64. The lowest BCUT2D eigenvalue weighted by molar-refractivity contribution is 0.628. The fourth-order valence-electron chi connectivity index (χ4n) is 2.77. The van der Waals surface area contributed by atoms with Gasteiger partial charge in [-0.1, -0.05) is 12.1 Å². The molecule has 1 heterocycles. The molecule has 2 N–H and O–H groups in total. The Morgan fingerprint density at radius 3 is 2.08 bits per heavy atom. The van der Waals surface area contributed by atoms with Crippen molar-refractivity contribution in [2.75, 3.05) is 5.73 Å². The summed E-state index contributed by atoms with van der Waals surface area (Å²) in [6.07, 6.45) is 0. The quantitative estimate of drug-likeness (QED) is 0.764. The van der Waals surface area contributed by atoms with Gasteiger partial charge in [0.2, 0.25) is 0 Å². The molecule has 25 heavy (non-hydrogen) atoms. The molecule has 120 valence electrons. The van der Waals surface area contributed by atoms with Crippen molar-refractivity contribution in [3.05, 3.63) is 71.0 Å². The molecule has 1 aromatic heterocycles. The van der Waals surface area contributed by atoms with Crippen LogP contribution in [0.15, 0.2) is 48.5 Å². The Labute approximate surface area is 144 Å². The molecule has 0 bridgehead atoms. The molecule has 0 spiro atoms. The molecular formula is C20H13FN4.